The lowest BCUT2D eigenvalue weighted by Crippen LogP contribution is -2.24. The average molecular weight is 226 g/mol. The van der Waals surface area contributed by atoms with E-state index in [1.165, 1.54) is 4.70 Å². The molecule has 0 bridgehead atoms. The molecule has 0 saturated heterocycles. The summed E-state index contributed by atoms with van der Waals surface area (Å²) in [5.74, 6) is 0.637. The molecule has 2 aromatic rings. The van der Waals surface area contributed by atoms with Crippen molar-refractivity contribution in [2.45, 2.75) is 0 Å². The van der Waals surface area contributed by atoms with Gasteiger partial charge in [0.05, 0.1) is 4.70 Å². The summed E-state index contributed by atoms with van der Waals surface area (Å²) in [6.45, 7) is 0. The molecule has 75 valence electrons. The quantitative estimate of drug-likeness (QED) is 0.603. The van der Waals surface area contributed by atoms with Crippen LogP contribution < -0.4 is 9.75 Å². The number of fused-ring (bicyclic) bond motifs is 3. The Morgan fingerprint density at radius 1 is 1.31 bits per heavy atom. The van der Waals surface area contributed by atoms with Gasteiger partial charge in [0.1, 0.15) is 12.2 Å². The fourth-order valence-electron chi connectivity index (χ4n) is 1.84. The van der Waals surface area contributed by atoms with E-state index in [9.17, 15) is 0 Å². The highest BCUT2D eigenvalue weighted by Gasteiger charge is 2.16. The summed E-state index contributed by atoms with van der Waals surface area (Å²) in [4.78, 5) is 0. The van der Waals surface area contributed by atoms with Crippen molar-refractivity contribution < 1.29 is 9.68 Å². The molecule has 1 aromatic heterocycles. The van der Waals surface area contributed by atoms with Crippen molar-refractivity contribution in [2.24, 2.45) is 0 Å². The van der Waals surface area contributed by atoms with Crippen molar-refractivity contribution in [2.75, 3.05) is 0 Å². The van der Waals surface area contributed by atoms with E-state index in [1.807, 2.05) is 18.2 Å². The van der Waals surface area contributed by atoms with Crippen molar-refractivity contribution in [1.82, 2.24) is 0 Å². The number of hydrogen-bond acceptors (Lipinski definition) is 3. The van der Waals surface area contributed by atoms with E-state index in [1.54, 1.807) is 17.4 Å². The largest absolute Gasteiger partial charge is 0.584 e. The Balaban J connectivity index is 2.47. The first-order valence-corrected chi connectivity index (χ1v) is 5.65. The van der Waals surface area contributed by atoms with Gasteiger partial charge in [-0.25, -0.2) is 0 Å². The van der Waals surface area contributed by atoms with Crippen LogP contribution in [0.4, 0.5) is 0 Å². The minimum atomic E-state index is 0.637. The first kappa shape index (κ1) is 9.61. The average Bonchev–Trinajstić information content (AvgIpc) is 2.68. The second-order valence-corrected chi connectivity index (χ2v) is 4.46. The molecular weight excluding hydrogens is 219 g/mol. The summed E-state index contributed by atoms with van der Waals surface area (Å²) < 4.78 is 7.41. The molecule has 3 rings (SSSR count). The Morgan fingerprint density at radius 3 is 3.06 bits per heavy atom. The first-order chi connectivity index (χ1) is 7.90. The summed E-state index contributed by atoms with van der Waals surface area (Å²) in [5, 5.41) is 10.9. The molecule has 1 radical (unpaired) electrons. The summed E-state index contributed by atoms with van der Waals surface area (Å²) >= 11 is 1.69. The van der Waals surface area contributed by atoms with Crippen molar-refractivity contribution in [3.8, 4) is 0 Å². The van der Waals surface area contributed by atoms with Crippen LogP contribution >= 0.6 is 11.3 Å². The van der Waals surface area contributed by atoms with Crippen molar-refractivity contribution >= 4 is 40.9 Å². The molecule has 1 aromatic carbocycles. The lowest BCUT2D eigenvalue weighted by molar-refractivity contribution is 0.428. The van der Waals surface area contributed by atoms with E-state index >= 15 is 0 Å². The number of hydrogen-bond donors (Lipinski definition) is 1. The SMILES string of the molecule is O[B]OC1=c2c(sc3ccccc23)=C[C+]=C1. The van der Waals surface area contributed by atoms with E-state index in [-0.39, 0.29) is 0 Å². The molecule has 0 amide bonds. The van der Waals surface area contributed by atoms with Crippen LogP contribution in [0.3, 0.4) is 0 Å². The summed E-state index contributed by atoms with van der Waals surface area (Å²) in [6.07, 6.45) is 6.67. The first-order valence-electron chi connectivity index (χ1n) is 4.84. The van der Waals surface area contributed by atoms with Gasteiger partial charge in [0.25, 0.3) is 0 Å². The zero-order chi connectivity index (χ0) is 11.0. The standard InChI is InChI=1S/C12H7BO2S/c14-13-15-9-5-3-7-11-12(9)8-4-1-2-6-10(8)16-11/h1-2,4-7,14H/q+1. The van der Waals surface area contributed by atoms with Crippen LogP contribution in [0.1, 0.15) is 0 Å². The van der Waals surface area contributed by atoms with E-state index in [0.717, 1.165) is 15.1 Å². The number of thiophene rings is 1. The van der Waals surface area contributed by atoms with Crippen LogP contribution in [-0.4, -0.2) is 12.7 Å². The topological polar surface area (TPSA) is 29.5 Å². The second-order valence-electron chi connectivity index (χ2n) is 3.38. The summed E-state index contributed by atoms with van der Waals surface area (Å²) in [6, 6.07) is 8.14. The van der Waals surface area contributed by atoms with Gasteiger partial charge >= 0.3 is 7.69 Å². The third-order valence-corrected chi connectivity index (χ3v) is 3.60. The van der Waals surface area contributed by atoms with Gasteiger partial charge in [-0.2, -0.15) is 0 Å². The van der Waals surface area contributed by atoms with Crippen LogP contribution in [0, 0.1) is 6.08 Å². The molecule has 1 N–H and O–H groups in total. The van der Waals surface area contributed by atoms with Gasteiger partial charge < -0.3 is 9.68 Å². The smallest absolute Gasteiger partial charge is 0.470 e. The normalized spacial score (nSPS) is 12.9. The molecule has 0 fully saturated rings. The predicted octanol–water partition coefficient (Wildman–Crippen LogP) is 0.706. The van der Waals surface area contributed by atoms with E-state index in [2.05, 4.69) is 18.2 Å². The molecule has 0 spiro atoms. The summed E-state index contributed by atoms with van der Waals surface area (Å²) in [5.41, 5.74) is 0. The highest BCUT2D eigenvalue weighted by Crippen LogP contribution is 2.15. The Bertz CT molecular complexity index is 685. The van der Waals surface area contributed by atoms with Crippen LogP contribution in [0.5, 0.6) is 0 Å². The maximum Gasteiger partial charge on any atom is 0.584 e. The van der Waals surface area contributed by atoms with Crippen molar-refractivity contribution in [1.29, 1.82) is 0 Å². The highest BCUT2D eigenvalue weighted by atomic mass is 32.1. The molecular formula is C12H7BO2S+. The fourth-order valence-corrected chi connectivity index (χ4v) is 2.94. The molecule has 0 saturated carbocycles. The number of benzene rings is 1. The van der Waals surface area contributed by atoms with E-state index in [4.69, 9.17) is 9.68 Å². The Labute approximate surface area is 97.1 Å². The van der Waals surface area contributed by atoms with Gasteiger partial charge in [0, 0.05) is 11.5 Å². The molecule has 2 nitrogen and oxygen atoms in total. The molecule has 1 heterocycles. The Morgan fingerprint density at radius 2 is 2.19 bits per heavy atom. The fraction of sp³-hybridized carbons (Fsp3) is 0. The maximum atomic E-state index is 8.73. The van der Waals surface area contributed by atoms with Gasteiger partial charge in [-0.15, -0.1) is 0 Å². The van der Waals surface area contributed by atoms with E-state index in [0.29, 0.717) is 13.4 Å². The minimum absolute atomic E-state index is 0.637. The number of rotatable bonds is 2. The van der Waals surface area contributed by atoms with Crippen molar-refractivity contribution in [3.05, 3.63) is 46.2 Å². The maximum absolute atomic E-state index is 8.73. The lowest BCUT2D eigenvalue weighted by atomic mass is 10.1. The molecule has 0 unspecified atom stereocenters. The molecule has 4 heteroatoms. The molecule has 1 aliphatic carbocycles. The number of allylic oxidation sites excluding steroid dienone is 1. The highest BCUT2D eigenvalue weighted by molar-refractivity contribution is 7.17. The molecule has 16 heavy (non-hydrogen) atoms. The van der Waals surface area contributed by atoms with Gasteiger partial charge in [0.15, 0.2) is 9.75 Å². The Kier molecular flexibility index (Phi) is 2.26. The molecule has 1 aliphatic rings. The van der Waals surface area contributed by atoms with E-state index < -0.39 is 0 Å². The lowest BCUT2D eigenvalue weighted by Gasteiger charge is -1.94. The van der Waals surface area contributed by atoms with Crippen LogP contribution in [0.15, 0.2) is 30.3 Å². The van der Waals surface area contributed by atoms with Crippen LogP contribution in [0.25, 0.3) is 21.9 Å². The van der Waals surface area contributed by atoms with Gasteiger partial charge in [-0.3, -0.25) is 0 Å². The summed E-state index contributed by atoms with van der Waals surface area (Å²) in [7, 11) is 0.703. The zero-order valence-corrected chi connectivity index (χ0v) is 9.12. The van der Waals surface area contributed by atoms with Crippen LogP contribution in [0.2, 0.25) is 0 Å². The Hall–Kier alpha value is -1.61. The minimum Gasteiger partial charge on any atom is -0.470 e. The third kappa shape index (κ3) is 1.36. The predicted molar refractivity (Wildman–Crippen MR) is 65.8 cm³/mol. The van der Waals surface area contributed by atoms with Crippen LogP contribution in [-0.2, 0) is 4.65 Å². The third-order valence-electron chi connectivity index (χ3n) is 2.48. The zero-order valence-electron chi connectivity index (χ0n) is 8.31. The second kappa shape index (κ2) is 3.76. The monoisotopic (exact) mass is 226 g/mol. The van der Waals surface area contributed by atoms with Crippen molar-refractivity contribution in [3.63, 3.8) is 0 Å². The molecule has 0 atom stereocenters. The van der Waals surface area contributed by atoms with Gasteiger partial charge in [-0.05, 0) is 6.07 Å². The van der Waals surface area contributed by atoms with Gasteiger partial charge in [-0.1, -0.05) is 29.5 Å². The van der Waals surface area contributed by atoms with Gasteiger partial charge in [0.2, 0.25) is 5.76 Å². The molecule has 0 aliphatic heterocycles.